The highest BCUT2D eigenvalue weighted by Gasteiger charge is 1.98. The molecule has 1 rings (SSSR count). The van der Waals surface area contributed by atoms with Crippen molar-refractivity contribution >= 4 is 11.6 Å². The molecule has 0 aliphatic rings. The fraction of sp³-hybridized carbons (Fsp3) is 0.286. The third-order valence-corrected chi connectivity index (χ3v) is 1.58. The van der Waals surface area contributed by atoms with E-state index in [1.807, 2.05) is 13.1 Å². The first-order valence-electron chi connectivity index (χ1n) is 3.03. The summed E-state index contributed by atoms with van der Waals surface area (Å²) in [7, 11) is 1.81. The number of hydrogen-bond donors (Lipinski definition) is 0. The fourth-order valence-electron chi connectivity index (χ4n) is 0.748. The van der Waals surface area contributed by atoms with E-state index in [1.54, 1.807) is 10.8 Å². The Morgan fingerprint density at radius 3 is 3.00 bits per heavy atom. The summed E-state index contributed by atoms with van der Waals surface area (Å²) in [4.78, 5) is 0. The molecule has 0 aromatic carbocycles. The summed E-state index contributed by atoms with van der Waals surface area (Å²) in [6, 6.07) is 1.84. The molecule has 0 fully saturated rings. The molecule has 0 saturated carbocycles. The third-order valence-electron chi connectivity index (χ3n) is 1.23. The summed E-state index contributed by atoms with van der Waals surface area (Å²) in [5, 5.41) is 4.78. The first-order valence-corrected chi connectivity index (χ1v) is 3.41. The molecular weight excluding hydrogens is 148 g/mol. The predicted molar refractivity (Wildman–Crippen MR) is 42.1 cm³/mol. The van der Waals surface area contributed by atoms with Crippen LogP contribution in [0.5, 0.6) is 0 Å². The lowest BCUT2D eigenvalue weighted by atomic mass is 10.3. The van der Waals surface area contributed by atoms with Crippen LogP contribution in [0.3, 0.4) is 0 Å². The van der Waals surface area contributed by atoms with Gasteiger partial charge in [0.05, 0.1) is 5.69 Å². The molecule has 3 heteroatoms. The Kier molecular flexibility index (Phi) is 2.12. The van der Waals surface area contributed by atoms with Crippen molar-refractivity contribution in [1.82, 2.24) is 9.78 Å². The van der Waals surface area contributed by atoms with Crippen LogP contribution in [0.1, 0.15) is 5.69 Å². The van der Waals surface area contributed by atoms with Crippen molar-refractivity contribution in [3.8, 4) is 0 Å². The van der Waals surface area contributed by atoms with E-state index < -0.39 is 0 Å². The Morgan fingerprint density at radius 1 is 1.90 bits per heavy atom. The van der Waals surface area contributed by atoms with Crippen molar-refractivity contribution in [3.63, 3.8) is 0 Å². The average molecular weight is 157 g/mol. The second-order valence-electron chi connectivity index (χ2n) is 2.07. The molecule has 1 aromatic heterocycles. The molecule has 0 aliphatic carbocycles. The molecule has 0 unspecified atom stereocenters. The predicted octanol–water partition coefficient (Wildman–Crippen LogP) is 1.80. The summed E-state index contributed by atoms with van der Waals surface area (Å²) >= 11 is 5.73. The SMILES string of the molecule is C=CCc1cc(Cl)n(C)n1. The average Bonchev–Trinajstić information content (AvgIpc) is 2.14. The minimum atomic E-state index is 0.664. The van der Waals surface area contributed by atoms with Gasteiger partial charge in [0, 0.05) is 13.5 Å². The summed E-state index contributed by atoms with van der Waals surface area (Å²) in [5.74, 6) is 0. The van der Waals surface area contributed by atoms with E-state index in [-0.39, 0.29) is 0 Å². The maximum Gasteiger partial charge on any atom is 0.126 e. The van der Waals surface area contributed by atoms with Crippen molar-refractivity contribution < 1.29 is 0 Å². The van der Waals surface area contributed by atoms with Crippen LogP contribution in [0.25, 0.3) is 0 Å². The van der Waals surface area contributed by atoms with Gasteiger partial charge in [-0.3, -0.25) is 4.68 Å². The molecule has 10 heavy (non-hydrogen) atoms. The van der Waals surface area contributed by atoms with Crippen molar-refractivity contribution in [3.05, 3.63) is 29.6 Å². The molecule has 2 nitrogen and oxygen atoms in total. The molecule has 0 radical (unpaired) electrons. The van der Waals surface area contributed by atoms with Crippen LogP contribution in [-0.4, -0.2) is 9.78 Å². The van der Waals surface area contributed by atoms with Crippen molar-refractivity contribution in [1.29, 1.82) is 0 Å². The van der Waals surface area contributed by atoms with Crippen molar-refractivity contribution in [2.24, 2.45) is 7.05 Å². The molecule has 1 heterocycles. The Labute approximate surface area is 65.1 Å². The summed E-state index contributed by atoms with van der Waals surface area (Å²) in [6.45, 7) is 3.60. The Hall–Kier alpha value is -0.760. The van der Waals surface area contributed by atoms with Gasteiger partial charge in [0.15, 0.2) is 0 Å². The van der Waals surface area contributed by atoms with Gasteiger partial charge >= 0.3 is 0 Å². The minimum absolute atomic E-state index is 0.664. The number of aromatic nitrogens is 2. The number of hydrogen-bond acceptors (Lipinski definition) is 1. The number of nitrogens with zero attached hydrogens (tertiary/aromatic N) is 2. The van der Waals surface area contributed by atoms with Crippen LogP contribution in [0.2, 0.25) is 5.15 Å². The van der Waals surface area contributed by atoms with E-state index in [9.17, 15) is 0 Å². The zero-order valence-corrected chi connectivity index (χ0v) is 6.60. The highest BCUT2D eigenvalue weighted by Crippen LogP contribution is 2.09. The van der Waals surface area contributed by atoms with Gasteiger partial charge in [0.1, 0.15) is 5.15 Å². The van der Waals surface area contributed by atoms with Crippen molar-refractivity contribution in [2.75, 3.05) is 0 Å². The standard InChI is InChI=1S/C7H9ClN2/c1-3-4-6-5-7(8)10(2)9-6/h3,5H,1,4H2,2H3. The van der Waals surface area contributed by atoms with E-state index in [2.05, 4.69) is 11.7 Å². The Balaban J connectivity index is 2.86. The van der Waals surface area contributed by atoms with E-state index in [0.29, 0.717) is 5.15 Å². The van der Waals surface area contributed by atoms with Gasteiger partial charge in [-0.1, -0.05) is 17.7 Å². The zero-order valence-electron chi connectivity index (χ0n) is 5.84. The molecule has 0 N–H and O–H groups in total. The van der Waals surface area contributed by atoms with Gasteiger partial charge in [-0.15, -0.1) is 6.58 Å². The molecule has 0 amide bonds. The van der Waals surface area contributed by atoms with Crippen LogP contribution < -0.4 is 0 Å². The smallest absolute Gasteiger partial charge is 0.126 e. The third kappa shape index (κ3) is 1.39. The van der Waals surface area contributed by atoms with Gasteiger partial charge in [0.25, 0.3) is 0 Å². The summed E-state index contributed by atoms with van der Waals surface area (Å²) in [6.07, 6.45) is 2.58. The largest absolute Gasteiger partial charge is 0.257 e. The fourth-order valence-corrected chi connectivity index (χ4v) is 0.912. The van der Waals surface area contributed by atoms with E-state index in [1.165, 1.54) is 0 Å². The van der Waals surface area contributed by atoms with Gasteiger partial charge < -0.3 is 0 Å². The highest BCUT2D eigenvalue weighted by atomic mass is 35.5. The molecule has 0 saturated heterocycles. The lowest BCUT2D eigenvalue weighted by molar-refractivity contribution is 0.752. The van der Waals surface area contributed by atoms with Gasteiger partial charge in [0.2, 0.25) is 0 Å². The zero-order chi connectivity index (χ0) is 7.56. The van der Waals surface area contributed by atoms with Gasteiger partial charge in [-0.05, 0) is 6.07 Å². The first-order chi connectivity index (χ1) is 4.74. The Morgan fingerprint density at radius 2 is 2.60 bits per heavy atom. The van der Waals surface area contributed by atoms with Crippen LogP contribution in [0, 0.1) is 0 Å². The van der Waals surface area contributed by atoms with E-state index in [4.69, 9.17) is 11.6 Å². The molecular formula is C7H9ClN2. The van der Waals surface area contributed by atoms with Crippen LogP contribution in [0.15, 0.2) is 18.7 Å². The topological polar surface area (TPSA) is 17.8 Å². The minimum Gasteiger partial charge on any atom is -0.257 e. The van der Waals surface area contributed by atoms with Crippen LogP contribution >= 0.6 is 11.6 Å². The lowest BCUT2D eigenvalue weighted by Crippen LogP contribution is -1.90. The van der Waals surface area contributed by atoms with Crippen LogP contribution in [0.4, 0.5) is 0 Å². The van der Waals surface area contributed by atoms with Crippen LogP contribution in [-0.2, 0) is 13.5 Å². The molecule has 0 bridgehead atoms. The van der Waals surface area contributed by atoms with Gasteiger partial charge in [-0.25, -0.2) is 0 Å². The Bertz CT molecular complexity index is 220. The normalized spacial score (nSPS) is 9.80. The quantitative estimate of drug-likeness (QED) is 0.598. The number of aryl methyl sites for hydroxylation is 1. The maximum atomic E-state index is 5.73. The molecule has 54 valence electrons. The number of allylic oxidation sites excluding steroid dienone is 1. The number of halogens is 1. The molecule has 0 aliphatic heterocycles. The molecule has 0 atom stereocenters. The molecule has 0 spiro atoms. The monoisotopic (exact) mass is 156 g/mol. The maximum absolute atomic E-state index is 5.73. The van der Waals surface area contributed by atoms with Gasteiger partial charge in [-0.2, -0.15) is 5.10 Å². The highest BCUT2D eigenvalue weighted by molar-refractivity contribution is 6.29. The summed E-state index contributed by atoms with van der Waals surface area (Å²) in [5.41, 5.74) is 0.961. The summed E-state index contributed by atoms with van der Waals surface area (Å²) < 4.78 is 1.64. The van der Waals surface area contributed by atoms with E-state index >= 15 is 0 Å². The second kappa shape index (κ2) is 2.88. The number of rotatable bonds is 2. The lowest BCUT2D eigenvalue weighted by Gasteiger charge is -1.86. The second-order valence-corrected chi connectivity index (χ2v) is 2.46. The van der Waals surface area contributed by atoms with Crippen molar-refractivity contribution in [2.45, 2.75) is 6.42 Å². The van der Waals surface area contributed by atoms with E-state index in [0.717, 1.165) is 12.1 Å². The molecule has 1 aromatic rings. The first kappa shape index (κ1) is 7.35.